The van der Waals surface area contributed by atoms with Gasteiger partial charge in [0.15, 0.2) is 4.67 Å². The summed E-state index contributed by atoms with van der Waals surface area (Å²) < 4.78 is 38.1. The van der Waals surface area contributed by atoms with Gasteiger partial charge in [0.05, 0.1) is 13.2 Å². The number of methoxy groups -OCH3 is 1. The Bertz CT molecular complexity index is 569. The SMILES string of the molecule is CCC(COC)NS(=O)(=O)c1cc(CNC2CC2)oc1Br. The van der Waals surface area contributed by atoms with E-state index in [1.165, 1.54) is 12.8 Å². The van der Waals surface area contributed by atoms with Crippen molar-refractivity contribution in [3.05, 3.63) is 16.5 Å². The lowest BCUT2D eigenvalue weighted by molar-refractivity contribution is 0.173. The highest BCUT2D eigenvalue weighted by molar-refractivity contribution is 9.10. The second-order valence-electron chi connectivity index (χ2n) is 5.19. The molecule has 1 aromatic rings. The lowest BCUT2D eigenvalue weighted by Crippen LogP contribution is -2.37. The number of halogens is 1. The number of rotatable bonds is 9. The van der Waals surface area contributed by atoms with Crippen molar-refractivity contribution in [3.8, 4) is 0 Å². The maximum atomic E-state index is 12.4. The molecular weight excluding hydrogens is 360 g/mol. The Balaban J connectivity index is 2.07. The van der Waals surface area contributed by atoms with E-state index in [9.17, 15) is 8.42 Å². The smallest absolute Gasteiger partial charge is 0.245 e. The zero-order valence-corrected chi connectivity index (χ0v) is 14.6. The van der Waals surface area contributed by atoms with Crippen LogP contribution in [0.4, 0.5) is 0 Å². The third-order valence-electron chi connectivity index (χ3n) is 3.32. The summed E-state index contributed by atoms with van der Waals surface area (Å²) in [6.45, 7) is 2.77. The minimum Gasteiger partial charge on any atom is -0.452 e. The van der Waals surface area contributed by atoms with Crippen molar-refractivity contribution in [1.82, 2.24) is 10.0 Å². The first kappa shape index (κ1) is 17.0. The predicted octanol–water partition coefficient (Wildman–Crippen LogP) is 2.00. The summed E-state index contributed by atoms with van der Waals surface area (Å²) in [7, 11) is -2.08. The zero-order valence-electron chi connectivity index (χ0n) is 12.2. The molecule has 2 rings (SSSR count). The van der Waals surface area contributed by atoms with E-state index >= 15 is 0 Å². The molecule has 1 atom stereocenters. The van der Waals surface area contributed by atoms with Crippen LogP contribution >= 0.6 is 15.9 Å². The predicted molar refractivity (Wildman–Crippen MR) is 82.5 cm³/mol. The molecule has 2 N–H and O–H groups in total. The second kappa shape index (κ2) is 7.23. The maximum absolute atomic E-state index is 12.4. The summed E-state index contributed by atoms with van der Waals surface area (Å²) in [6.07, 6.45) is 2.99. The van der Waals surface area contributed by atoms with Gasteiger partial charge in [0.25, 0.3) is 0 Å². The van der Waals surface area contributed by atoms with Gasteiger partial charge in [-0.3, -0.25) is 0 Å². The topological polar surface area (TPSA) is 80.6 Å². The third kappa shape index (κ3) is 4.79. The van der Waals surface area contributed by atoms with Crippen LogP contribution in [0.25, 0.3) is 0 Å². The summed E-state index contributed by atoms with van der Waals surface area (Å²) in [5.74, 6) is 0.605. The van der Waals surface area contributed by atoms with Crippen LogP contribution in [-0.2, 0) is 21.3 Å². The van der Waals surface area contributed by atoms with Crippen molar-refractivity contribution < 1.29 is 17.6 Å². The van der Waals surface area contributed by atoms with Crippen LogP contribution in [0, 0.1) is 0 Å². The van der Waals surface area contributed by atoms with Crippen molar-refractivity contribution >= 4 is 26.0 Å². The Morgan fingerprint density at radius 2 is 2.24 bits per heavy atom. The van der Waals surface area contributed by atoms with Gasteiger partial charge in [-0.1, -0.05) is 6.92 Å². The first-order valence-electron chi connectivity index (χ1n) is 6.99. The highest BCUT2D eigenvalue weighted by Gasteiger charge is 2.26. The van der Waals surface area contributed by atoms with Crippen molar-refractivity contribution in [2.24, 2.45) is 0 Å². The van der Waals surface area contributed by atoms with Crippen molar-refractivity contribution in [1.29, 1.82) is 0 Å². The molecule has 21 heavy (non-hydrogen) atoms. The molecule has 120 valence electrons. The van der Waals surface area contributed by atoms with E-state index in [0.29, 0.717) is 31.4 Å². The average Bonchev–Trinajstić information content (AvgIpc) is 3.18. The summed E-state index contributed by atoms with van der Waals surface area (Å²) in [5.41, 5.74) is 0. The fourth-order valence-corrected chi connectivity index (χ4v) is 4.22. The Labute approximate surface area is 133 Å². The zero-order chi connectivity index (χ0) is 15.5. The van der Waals surface area contributed by atoms with E-state index in [0.717, 1.165) is 0 Å². The molecule has 1 aromatic heterocycles. The van der Waals surface area contributed by atoms with Crippen LogP contribution in [-0.4, -0.2) is 34.2 Å². The standard InChI is InChI=1S/C13H21BrN2O4S/c1-3-9(8-19-2)16-21(17,18)12-6-11(20-13(12)14)7-15-10-4-5-10/h6,9-10,15-16H,3-5,7-8H2,1-2H3. The van der Waals surface area contributed by atoms with Crippen molar-refractivity contribution in [2.75, 3.05) is 13.7 Å². The molecule has 1 aliphatic rings. The van der Waals surface area contributed by atoms with Crippen molar-refractivity contribution in [3.63, 3.8) is 0 Å². The number of nitrogens with one attached hydrogen (secondary N) is 2. The molecule has 1 aliphatic carbocycles. The monoisotopic (exact) mass is 380 g/mol. The molecular formula is C13H21BrN2O4S. The maximum Gasteiger partial charge on any atom is 0.245 e. The summed E-state index contributed by atoms with van der Waals surface area (Å²) in [4.78, 5) is 0.129. The van der Waals surface area contributed by atoms with Crippen LogP contribution in [0.1, 0.15) is 31.9 Å². The molecule has 0 bridgehead atoms. The fourth-order valence-electron chi connectivity index (χ4n) is 1.92. The van der Waals surface area contributed by atoms with Gasteiger partial charge < -0.3 is 14.5 Å². The summed E-state index contributed by atoms with van der Waals surface area (Å²) >= 11 is 3.18. The normalized spacial score (nSPS) is 17.1. The van der Waals surface area contributed by atoms with Gasteiger partial charge in [-0.25, -0.2) is 13.1 Å². The first-order valence-corrected chi connectivity index (χ1v) is 9.26. The van der Waals surface area contributed by atoms with E-state index in [-0.39, 0.29) is 15.6 Å². The van der Waals surface area contributed by atoms with Crippen LogP contribution in [0.3, 0.4) is 0 Å². The Morgan fingerprint density at radius 3 is 2.81 bits per heavy atom. The fraction of sp³-hybridized carbons (Fsp3) is 0.692. The lowest BCUT2D eigenvalue weighted by Gasteiger charge is -2.15. The van der Waals surface area contributed by atoms with Crippen LogP contribution in [0.5, 0.6) is 0 Å². The molecule has 8 heteroatoms. The lowest BCUT2D eigenvalue weighted by atomic mass is 10.3. The van der Waals surface area contributed by atoms with Gasteiger partial charge in [-0.05, 0) is 35.2 Å². The summed E-state index contributed by atoms with van der Waals surface area (Å²) in [5, 5.41) is 3.29. The van der Waals surface area contributed by atoms with Gasteiger partial charge >= 0.3 is 0 Å². The minimum absolute atomic E-state index is 0.129. The van der Waals surface area contributed by atoms with E-state index in [1.807, 2.05) is 6.92 Å². The number of ether oxygens (including phenoxy) is 1. The Morgan fingerprint density at radius 1 is 1.52 bits per heavy atom. The quantitative estimate of drug-likeness (QED) is 0.684. The molecule has 1 saturated carbocycles. The largest absolute Gasteiger partial charge is 0.452 e. The van der Waals surface area contributed by atoms with E-state index in [4.69, 9.17) is 9.15 Å². The number of sulfonamides is 1. The van der Waals surface area contributed by atoms with Gasteiger partial charge in [-0.2, -0.15) is 0 Å². The van der Waals surface area contributed by atoms with Crippen LogP contribution < -0.4 is 10.0 Å². The van der Waals surface area contributed by atoms with Gasteiger partial charge in [-0.15, -0.1) is 0 Å². The highest BCUT2D eigenvalue weighted by atomic mass is 79.9. The van der Waals surface area contributed by atoms with E-state index < -0.39 is 10.0 Å². The van der Waals surface area contributed by atoms with E-state index in [1.54, 1.807) is 13.2 Å². The van der Waals surface area contributed by atoms with Gasteiger partial charge in [0.1, 0.15) is 10.7 Å². The third-order valence-corrected chi connectivity index (χ3v) is 5.70. The molecule has 0 aromatic carbocycles. The van der Waals surface area contributed by atoms with Gasteiger partial charge in [0, 0.05) is 25.3 Å². The van der Waals surface area contributed by atoms with Crippen LogP contribution in [0.2, 0.25) is 0 Å². The Kier molecular flexibility index (Phi) is 5.84. The molecule has 0 spiro atoms. The molecule has 0 amide bonds. The highest BCUT2D eigenvalue weighted by Crippen LogP contribution is 2.27. The first-order chi connectivity index (χ1) is 9.96. The van der Waals surface area contributed by atoms with E-state index in [2.05, 4.69) is 26.0 Å². The molecule has 0 saturated heterocycles. The molecule has 6 nitrogen and oxygen atoms in total. The average molecular weight is 381 g/mol. The summed E-state index contributed by atoms with van der Waals surface area (Å²) in [6, 6.07) is 1.84. The number of hydrogen-bond donors (Lipinski definition) is 2. The van der Waals surface area contributed by atoms with Crippen molar-refractivity contribution in [2.45, 2.75) is 49.7 Å². The number of furan rings is 1. The van der Waals surface area contributed by atoms with Crippen LogP contribution in [0.15, 0.2) is 20.0 Å². The molecule has 0 radical (unpaired) electrons. The minimum atomic E-state index is -3.62. The molecule has 1 fully saturated rings. The van der Waals surface area contributed by atoms with Gasteiger partial charge in [0.2, 0.25) is 10.0 Å². The molecule has 1 heterocycles. The Hall–Kier alpha value is -0.410. The molecule has 0 aliphatic heterocycles. The number of hydrogen-bond acceptors (Lipinski definition) is 5. The second-order valence-corrected chi connectivity index (χ2v) is 7.59. The molecule has 1 unspecified atom stereocenters.